The Bertz CT molecular complexity index is 1240. The van der Waals surface area contributed by atoms with Gasteiger partial charge in [-0.1, -0.05) is 41.0 Å². The predicted octanol–water partition coefficient (Wildman–Crippen LogP) is 6.96. The Labute approximate surface area is 212 Å². The van der Waals surface area contributed by atoms with Crippen molar-refractivity contribution in [3.05, 3.63) is 75.4 Å². The first-order valence-corrected chi connectivity index (χ1v) is 12.2. The molecule has 36 heavy (non-hydrogen) atoms. The number of hydrogen-bond donors (Lipinski definition) is 4. The van der Waals surface area contributed by atoms with E-state index in [-0.39, 0.29) is 52.1 Å². The van der Waals surface area contributed by atoms with Crippen LogP contribution in [-0.2, 0) is 12.8 Å². The summed E-state index contributed by atoms with van der Waals surface area (Å²) in [6, 6.07) is 4.38. The van der Waals surface area contributed by atoms with Crippen molar-refractivity contribution in [2.24, 2.45) is 0 Å². The van der Waals surface area contributed by atoms with Crippen LogP contribution in [0.2, 0.25) is 0 Å². The molecule has 3 rings (SSSR count). The monoisotopic (exact) mass is 492 g/mol. The Balaban J connectivity index is 1.94. The normalized spacial score (nSPS) is 15.2. The molecule has 1 aliphatic rings. The summed E-state index contributed by atoms with van der Waals surface area (Å²) >= 11 is 0. The van der Waals surface area contributed by atoms with Gasteiger partial charge >= 0.3 is 0 Å². The summed E-state index contributed by atoms with van der Waals surface area (Å²) in [6.07, 6.45) is 7.68. The number of phenolic OH excluding ortho intramolecular Hbond substituents is 4. The number of Topliss-reactive ketones (excluding diaryl/α,β-unsaturated/α-hetero) is 1. The number of phenols is 4. The molecule has 0 aliphatic carbocycles. The highest BCUT2D eigenvalue weighted by Gasteiger charge is 2.34. The van der Waals surface area contributed by atoms with Gasteiger partial charge in [-0.05, 0) is 66.4 Å². The van der Waals surface area contributed by atoms with Gasteiger partial charge in [0.25, 0.3) is 0 Å². The third-order valence-corrected chi connectivity index (χ3v) is 6.37. The van der Waals surface area contributed by atoms with Crippen molar-refractivity contribution < 1.29 is 30.0 Å². The quantitative estimate of drug-likeness (QED) is 0.234. The van der Waals surface area contributed by atoms with E-state index in [0.717, 1.165) is 24.0 Å². The summed E-state index contributed by atoms with van der Waals surface area (Å²) < 4.78 is 6.09. The van der Waals surface area contributed by atoms with E-state index in [4.69, 9.17) is 4.74 Å². The Kier molecular flexibility index (Phi) is 8.51. The number of ketones is 1. The van der Waals surface area contributed by atoms with E-state index in [1.54, 1.807) is 6.07 Å². The molecule has 6 heteroatoms. The molecule has 0 bridgehead atoms. The fourth-order valence-corrected chi connectivity index (χ4v) is 4.30. The Morgan fingerprint density at radius 1 is 0.889 bits per heavy atom. The molecule has 1 heterocycles. The van der Waals surface area contributed by atoms with Crippen LogP contribution in [0, 0.1) is 0 Å². The zero-order valence-electron chi connectivity index (χ0n) is 21.7. The number of benzene rings is 2. The lowest BCUT2D eigenvalue weighted by molar-refractivity contribution is 0.0843. The van der Waals surface area contributed by atoms with E-state index in [1.807, 2.05) is 32.9 Å². The van der Waals surface area contributed by atoms with Crippen molar-refractivity contribution in [2.75, 3.05) is 0 Å². The summed E-state index contributed by atoms with van der Waals surface area (Å²) in [5.74, 6) is -1.13. The highest BCUT2D eigenvalue weighted by molar-refractivity contribution is 6.03. The predicted molar refractivity (Wildman–Crippen MR) is 141 cm³/mol. The lowest BCUT2D eigenvalue weighted by atomic mass is 9.89. The second kappa shape index (κ2) is 11.4. The molecule has 0 aromatic heterocycles. The number of aromatic hydroxyl groups is 4. The fraction of sp³-hybridized carbons (Fsp3) is 0.367. The van der Waals surface area contributed by atoms with Crippen molar-refractivity contribution in [1.82, 2.24) is 0 Å². The minimum Gasteiger partial charge on any atom is -0.507 e. The summed E-state index contributed by atoms with van der Waals surface area (Å²) in [4.78, 5) is 13.1. The van der Waals surface area contributed by atoms with Crippen molar-refractivity contribution in [1.29, 1.82) is 0 Å². The molecule has 0 saturated heterocycles. The maximum absolute atomic E-state index is 13.1. The second-order valence-electron chi connectivity index (χ2n) is 9.89. The first-order chi connectivity index (χ1) is 17.0. The van der Waals surface area contributed by atoms with Crippen molar-refractivity contribution in [2.45, 2.75) is 72.8 Å². The minimum absolute atomic E-state index is 0.0477. The molecule has 1 aliphatic heterocycles. The number of carbonyl (C=O) groups is 1. The first kappa shape index (κ1) is 26.9. The van der Waals surface area contributed by atoms with Crippen molar-refractivity contribution in [3.8, 4) is 28.7 Å². The summed E-state index contributed by atoms with van der Waals surface area (Å²) in [6.45, 7) is 9.96. The lowest BCUT2D eigenvalue weighted by Gasteiger charge is -2.28. The third-order valence-electron chi connectivity index (χ3n) is 6.37. The molecular formula is C30H36O6. The second-order valence-corrected chi connectivity index (χ2v) is 9.89. The van der Waals surface area contributed by atoms with Crippen LogP contribution in [0.15, 0.2) is 53.1 Å². The maximum atomic E-state index is 13.1. The van der Waals surface area contributed by atoms with Crippen LogP contribution < -0.4 is 4.74 Å². The third kappa shape index (κ3) is 6.11. The molecule has 0 unspecified atom stereocenters. The number of carbonyl (C=O) groups excluding carboxylic acids is 1. The lowest BCUT2D eigenvalue weighted by Crippen LogP contribution is -2.22. The molecule has 2 aromatic rings. The Hall–Kier alpha value is -3.67. The average Bonchev–Trinajstić information content (AvgIpc) is 2.78. The van der Waals surface area contributed by atoms with Crippen LogP contribution in [0.4, 0.5) is 0 Å². The largest absolute Gasteiger partial charge is 0.507 e. The molecule has 2 aromatic carbocycles. The van der Waals surface area contributed by atoms with Gasteiger partial charge in [-0.15, -0.1) is 0 Å². The SMILES string of the molecule is CC(C)=CCC/C(C)=C/Cc1c([C@@H]2CC(=O)c3c(cc(O)c(CC=C(C)C)c3O)O2)ccc(O)c1O. The van der Waals surface area contributed by atoms with Crippen molar-refractivity contribution in [3.63, 3.8) is 0 Å². The van der Waals surface area contributed by atoms with Gasteiger partial charge in [-0.25, -0.2) is 0 Å². The Morgan fingerprint density at radius 2 is 1.56 bits per heavy atom. The number of hydrogen-bond acceptors (Lipinski definition) is 6. The number of rotatable bonds is 8. The standard InChI is InChI=1S/C30H36O6/c1-17(2)7-6-8-19(5)10-12-21-20(13-14-23(31)29(21)34)26-16-25(33)28-27(36-26)15-24(32)22(30(28)35)11-9-18(3)4/h7,9-10,13-15,26,31-32,34-35H,6,8,11-12,16H2,1-5H3/b19-10+/t26-/m0/s1. The molecule has 0 spiro atoms. The van der Waals surface area contributed by atoms with Gasteiger partial charge in [-0.3, -0.25) is 4.79 Å². The highest BCUT2D eigenvalue weighted by Crippen LogP contribution is 2.46. The topological polar surface area (TPSA) is 107 Å². The van der Waals surface area contributed by atoms with Crippen LogP contribution in [0.1, 0.15) is 87.0 Å². The molecule has 0 amide bonds. The molecule has 0 fully saturated rings. The zero-order valence-corrected chi connectivity index (χ0v) is 21.7. The molecule has 0 radical (unpaired) electrons. The number of ether oxygens (including phenoxy) is 1. The maximum Gasteiger partial charge on any atom is 0.174 e. The van der Waals surface area contributed by atoms with Gasteiger partial charge < -0.3 is 25.2 Å². The smallest absolute Gasteiger partial charge is 0.174 e. The van der Waals surface area contributed by atoms with E-state index >= 15 is 0 Å². The molecule has 192 valence electrons. The van der Waals surface area contributed by atoms with E-state index in [0.29, 0.717) is 24.0 Å². The van der Waals surface area contributed by atoms with E-state index in [2.05, 4.69) is 19.9 Å². The van der Waals surface area contributed by atoms with Crippen LogP contribution in [0.25, 0.3) is 0 Å². The fourth-order valence-electron chi connectivity index (χ4n) is 4.30. The molecule has 6 nitrogen and oxygen atoms in total. The molecule has 1 atom stereocenters. The molecule has 0 saturated carbocycles. The van der Waals surface area contributed by atoms with Crippen LogP contribution in [0.3, 0.4) is 0 Å². The Morgan fingerprint density at radius 3 is 2.22 bits per heavy atom. The van der Waals surface area contributed by atoms with Crippen LogP contribution in [0.5, 0.6) is 28.7 Å². The van der Waals surface area contributed by atoms with E-state index in [1.165, 1.54) is 17.7 Å². The zero-order chi connectivity index (χ0) is 26.6. The molecular weight excluding hydrogens is 456 g/mol. The van der Waals surface area contributed by atoms with Gasteiger partial charge in [0, 0.05) is 22.8 Å². The van der Waals surface area contributed by atoms with E-state index in [9.17, 15) is 25.2 Å². The minimum atomic E-state index is -0.742. The average molecular weight is 493 g/mol. The first-order valence-electron chi connectivity index (χ1n) is 12.2. The van der Waals surface area contributed by atoms with Gasteiger partial charge in [0.15, 0.2) is 17.3 Å². The van der Waals surface area contributed by atoms with Gasteiger partial charge in [0.1, 0.15) is 28.9 Å². The molecule has 4 N–H and O–H groups in total. The summed E-state index contributed by atoms with van der Waals surface area (Å²) in [7, 11) is 0. The highest BCUT2D eigenvalue weighted by atomic mass is 16.5. The summed E-state index contributed by atoms with van der Waals surface area (Å²) in [5, 5.41) is 42.1. The van der Waals surface area contributed by atoms with Crippen LogP contribution in [-0.4, -0.2) is 26.2 Å². The van der Waals surface area contributed by atoms with Gasteiger partial charge in [0.2, 0.25) is 0 Å². The van der Waals surface area contributed by atoms with E-state index < -0.39 is 6.10 Å². The van der Waals surface area contributed by atoms with Crippen molar-refractivity contribution >= 4 is 5.78 Å². The van der Waals surface area contributed by atoms with Crippen LogP contribution >= 0.6 is 0 Å². The van der Waals surface area contributed by atoms with Gasteiger partial charge in [-0.2, -0.15) is 0 Å². The number of allylic oxidation sites excluding steroid dienone is 6. The summed E-state index contributed by atoms with van der Waals surface area (Å²) in [5.41, 5.74) is 4.82. The van der Waals surface area contributed by atoms with Gasteiger partial charge in [0.05, 0.1) is 6.42 Å². The number of fused-ring (bicyclic) bond motifs is 1.